The molecular formula is C19H22N4O2. The van der Waals surface area contributed by atoms with Gasteiger partial charge in [-0.2, -0.15) is 0 Å². The van der Waals surface area contributed by atoms with E-state index in [1.807, 2.05) is 17.9 Å². The summed E-state index contributed by atoms with van der Waals surface area (Å²) in [6, 6.07) is 10.1. The highest BCUT2D eigenvalue weighted by atomic mass is 16.5. The Bertz CT molecular complexity index is 787. The zero-order valence-corrected chi connectivity index (χ0v) is 14.4. The van der Waals surface area contributed by atoms with E-state index in [-0.39, 0.29) is 5.91 Å². The van der Waals surface area contributed by atoms with E-state index < -0.39 is 0 Å². The number of rotatable bonds is 2. The number of nitrogens with zero attached hydrogens (tertiary/aromatic N) is 4. The largest absolute Gasteiger partial charge is 0.378 e. The Kier molecular flexibility index (Phi) is 4.36. The van der Waals surface area contributed by atoms with Crippen LogP contribution < -0.4 is 4.90 Å². The number of benzene rings is 1. The molecule has 1 fully saturated rings. The van der Waals surface area contributed by atoms with Crippen molar-refractivity contribution in [3.8, 4) is 0 Å². The number of morpholine rings is 1. The molecule has 25 heavy (non-hydrogen) atoms. The summed E-state index contributed by atoms with van der Waals surface area (Å²) >= 11 is 0. The highest BCUT2D eigenvalue weighted by Crippen LogP contribution is 2.21. The Morgan fingerprint density at radius 3 is 2.64 bits per heavy atom. The van der Waals surface area contributed by atoms with Gasteiger partial charge in [-0.3, -0.25) is 4.79 Å². The third-order valence-electron chi connectivity index (χ3n) is 4.77. The number of aromatic nitrogens is 2. The van der Waals surface area contributed by atoms with Crippen LogP contribution in [0.4, 0.5) is 5.95 Å². The number of ether oxygens (including phenoxy) is 1. The van der Waals surface area contributed by atoms with Gasteiger partial charge in [0.05, 0.1) is 13.2 Å². The van der Waals surface area contributed by atoms with Crippen LogP contribution in [0.15, 0.2) is 30.3 Å². The zero-order chi connectivity index (χ0) is 17.2. The molecule has 0 unspecified atom stereocenters. The first-order valence-corrected chi connectivity index (χ1v) is 8.75. The predicted molar refractivity (Wildman–Crippen MR) is 94.7 cm³/mol. The molecule has 0 saturated carbocycles. The van der Waals surface area contributed by atoms with Gasteiger partial charge in [0.15, 0.2) is 0 Å². The predicted octanol–water partition coefficient (Wildman–Crippen LogP) is 1.82. The summed E-state index contributed by atoms with van der Waals surface area (Å²) in [6.07, 6.45) is 0.891. The number of fused-ring (bicyclic) bond motifs is 1. The number of hydrogen-bond donors (Lipinski definition) is 0. The number of hydrogen-bond acceptors (Lipinski definition) is 5. The van der Waals surface area contributed by atoms with Crippen molar-refractivity contribution in [3.63, 3.8) is 0 Å². The second kappa shape index (κ2) is 6.80. The fraction of sp³-hybridized carbons (Fsp3) is 0.421. The molecule has 1 saturated heterocycles. The molecule has 0 spiro atoms. The maximum atomic E-state index is 13.0. The first-order valence-electron chi connectivity index (χ1n) is 8.75. The molecule has 1 amide bonds. The van der Waals surface area contributed by atoms with E-state index in [1.165, 1.54) is 11.1 Å². The van der Waals surface area contributed by atoms with Gasteiger partial charge in [-0.05, 0) is 30.5 Å². The molecule has 0 aliphatic carbocycles. The van der Waals surface area contributed by atoms with Crippen molar-refractivity contribution < 1.29 is 9.53 Å². The van der Waals surface area contributed by atoms with Crippen LogP contribution >= 0.6 is 0 Å². The molecule has 0 N–H and O–H groups in total. The van der Waals surface area contributed by atoms with E-state index in [4.69, 9.17) is 4.74 Å². The summed E-state index contributed by atoms with van der Waals surface area (Å²) in [7, 11) is 0. The molecular weight excluding hydrogens is 316 g/mol. The average Bonchev–Trinajstić information content (AvgIpc) is 2.67. The van der Waals surface area contributed by atoms with Crippen molar-refractivity contribution in [1.29, 1.82) is 0 Å². The van der Waals surface area contributed by atoms with Crippen molar-refractivity contribution in [1.82, 2.24) is 14.9 Å². The second-order valence-corrected chi connectivity index (χ2v) is 6.54. The lowest BCUT2D eigenvalue weighted by molar-refractivity contribution is 0.0728. The van der Waals surface area contributed by atoms with Crippen LogP contribution in [0, 0.1) is 6.92 Å². The summed E-state index contributed by atoms with van der Waals surface area (Å²) in [6.45, 7) is 6.14. The summed E-state index contributed by atoms with van der Waals surface area (Å²) in [4.78, 5) is 26.0. The van der Waals surface area contributed by atoms with Crippen LogP contribution in [0.1, 0.15) is 27.3 Å². The second-order valence-electron chi connectivity index (χ2n) is 6.54. The summed E-state index contributed by atoms with van der Waals surface area (Å²) in [5, 5.41) is 0. The maximum absolute atomic E-state index is 13.0. The van der Waals surface area contributed by atoms with Crippen molar-refractivity contribution >= 4 is 11.9 Å². The summed E-state index contributed by atoms with van der Waals surface area (Å²) in [5.74, 6) is 0.610. The Morgan fingerprint density at radius 1 is 1.08 bits per heavy atom. The minimum atomic E-state index is -0.0190. The van der Waals surface area contributed by atoms with Crippen molar-refractivity contribution in [2.24, 2.45) is 0 Å². The molecule has 4 rings (SSSR count). The third-order valence-corrected chi connectivity index (χ3v) is 4.77. The fourth-order valence-electron chi connectivity index (χ4n) is 3.40. The zero-order valence-electron chi connectivity index (χ0n) is 14.4. The lowest BCUT2D eigenvalue weighted by Crippen LogP contribution is -2.39. The Hall–Kier alpha value is -2.47. The smallest absolute Gasteiger partial charge is 0.272 e. The minimum absolute atomic E-state index is 0.0190. The normalized spacial score (nSPS) is 17.3. The molecule has 2 aliphatic heterocycles. The Labute approximate surface area is 147 Å². The van der Waals surface area contributed by atoms with Crippen LogP contribution in [0.2, 0.25) is 0 Å². The molecule has 6 heteroatoms. The molecule has 2 aromatic rings. The topological polar surface area (TPSA) is 58.6 Å². The number of anilines is 1. The van der Waals surface area contributed by atoms with E-state index in [9.17, 15) is 4.79 Å². The highest BCUT2D eigenvalue weighted by Gasteiger charge is 2.24. The van der Waals surface area contributed by atoms with Crippen molar-refractivity contribution in [2.75, 3.05) is 37.7 Å². The minimum Gasteiger partial charge on any atom is -0.378 e. The molecule has 0 bridgehead atoms. The molecule has 1 aromatic carbocycles. The molecule has 1 aromatic heterocycles. The van der Waals surface area contributed by atoms with Gasteiger partial charge in [0, 0.05) is 31.9 Å². The van der Waals surface area contributed by atoms with Crippen LogP contribution in [-0.4, -0.2) is 53.6 Å². The van der Waals surface area contributed by atoms with Crippen molar-refractivity contribution in [2.45, 2.75) is 19.9 Å². The van der Waals surface area contributed by atoms with Crippen LogP contribution in [0.5, 0.6) is 0 Å². The van der Waals surface area contributed by atoms with Crippen LogP contribution in [0.3, 0.4) is 0 Å². The monoisotopic (exact) mass is 338 g/mol. The summed E-state index contributed by atoms with van der Waals surface area (Å²) < 4.78 is 5.39. The number of aryl methyl sites for hydroxylation is 1. The van der Waals surface area contributed by atoms with Gasteiger partial charge >= 0.3 is 0 Å². The van der Waals surface area contributed by atoms with E-state index in [1.54, 1.807) is 6.07 Å². The number of carbonyl (C=O) groups is 1. The molecule has 2 aliphatic rings. The Morgan fingerprint density at radius 2 is 1.84 bits per heavy atom. The first-order chi connectivity index (χ1) is 12.2. The van der Waals surface area contributed by atoms with Gasteiger partial charge in [0.1, 0.15) is 5.69 Å². The van der Waals surface area contributed by atoms with E-state index in [0.717, 1.165) is 31.7 Å². The number of amides is 1. The first kappa shape index (κ1) is 16.0. The van der Waals surface area contributed by atoms with Gasteiger partial charge in [0.2, 0.25) is 5.95 Å². The molecule has 0 atom stereocenters. The van der Waals surface area contributed by atoms with Gasteiger partial charge in [-0.25, -0.2) is 9.97 Å². The SMILES string of the molecule is Cc1cc(C(=O)N2CCc3ccccc3C2)nc(N2CCOCC2)n1. The third kappa shape index (κ3) is 3.35. The molecule has 130 valence electrons. The van der Waals surface area contributed by atoms with E-state index in [2.05, 4.69) is 33.1 Å². The molecule has 6 nitrogen and oxygen atoms in total. The van der Waals surface area contributed by atoms with Gasteiger partial charge in [-0.15, -0.1) is 0 Å². The molecule has 0 radical (unpaired) electrons. The van der Waals surface area contributed by atoms with E-state index in [0.29, 0.717) is 31.4 Å². The van der Waals surface area contributed by atoms with Gasteiger partial charge in [-0.1, -0.05) is 24.3 Å². The average molecular weight is 338 g/mol. The lowest BCUT2D eigenvalue weighted by atomic mass is 10.00. The Balaban J connectivity index is 1.57. The van der Waals surface area contributed by atoms with E-state index >= 15 is 0 Å². The standard InChI is InChI=1S/C19H22N4O2/c1-14-12-17(21-19(20-14)22-8-10-25-11-9-22)18(24)23-7-6-15-4-2-3-5-16(15)13-23/h2-5,12H,6-11,13H2,1H3. The lowest BCUT2D eigenvalue weighted by Gasteiger charge is -2.30. The van der Waals surface area contributed by atoms with Crippen LogP contribution in [-0.2, 0) is 17.7 Å². The van der Waals surface area contributed by atoms with Crippen LogP contribution in [0.25, 0.3) is 0 Å². The number of carbonyl (C=O) groups excluding carboxylic acids is 1. The fourth-order valence-corrected chi connectivity index (χ4v) is 3.40. The van der Waals surface area contributed by atoms with Gasteiger partial charge in [0.25, 0.3) is 5.91 Å². The maximum Gasteiger partial charge on any atom is 0.272 e. The van der Waals surface area contributed by atoms with Gasteiger partial charge < -0.3 is 14.5 Å². The quantitative estimate of drug-likeness (QED) is 0.836. The van der Waals surface area contributed by atoms with Crippen molar-refractivity contribution in [3.05, 3.63) is 52.8 Å². The molecule has 3 heterocycles. The summed E-state index contributed by atoms with van der Waals surface area (Å²) in [5.41, 5.74) is 3.85. The highest BCUT2D eigenvalue weighted by molar-refractivity contribution is 5.92.